The van der Waals surface area contributed by atoms with Crippen LogP contribution in [0.3, 0.4) is 0 Å². The quantitative estimate of drug-likeness (QED) is 0.754. The average Bonchev–Trinajstić information content (AvgIpc) is 2.98. The number of pyridine rings is 1. The van der Waals surface area contributed by atoms with Crippen molar-refractivity contribution in [2.24, 2.45) is 0 Å². The van der Waals surface area contributed by atoms with Crippen LogP contribution in [0, 0.1) is 11.3 Å². The van der Waals surface area contributed by atoms with Crippen molar-refractivity contribution in [2.75, 3.05) is 0 Å². The minimum atomic E-state index is 0.566. The summed E-state index contributed by atoms with van der Waals surface area (Å²) in [5, 5.41) is 16.1. The van der Waals surface area contributed by atoms with Crippen molar-refractivity contribution < 1.29 is 0 Å². The zero-order valence-electron chi connectivity index (χ0n) is 9.91. The fraction of sp³-hybridized carbons (Fsp3) is 0. The molecular weight excluding hydrogens is 238 g/mol. The van der Waals surface area contributed by atoms with E-state index in [9.17, 15) is 0 Å². The monoisotopic (exact) mass is 247 g/mol. The van der Waals surface area contributed by atoms with Crippen LogP contribution in [0.15, 0.2) is 48.8 Å². The van der Waals surface area contributed by atoms with Gasteiger partial charge in [0, 0.05) is 23.5 Å². The molecule has 5 nitrogen and oxygen atoms in total. The number of benzene rings is 1. The van der Waals surface area contributed by atoms with Gasteiger partial charge in [-0.3, -0.25) is 10.1 Å². The molecule has 0 fully saturated rings. The maximum atomic E-state index is 9.08. The van der Waals surface area contributed by atoms with Gasteiger partial charge in [-0.05, 0) is 24.3 Å². The molecule has 3 rings (SSSR count). The Bertz CT molecular complexity index is 740. The molecule has 0 aliphatic rings. The molecule has 90 valence electrons. The number of nitrogens with zero attached hydrogens (tertiary/aromatic N) is 4. The number of rotatable bonds is 2. The molecule has 0 atom stereocenters. The molecular formula is C14H9N5. The van der Waals surface area contributed by atoms with Gasteiger partial charge in [0.25, 0.3) is 0 Å². The minimum absolute atomic E-state index is 0.566. The lowest BCUT2D eigenvalue weighted by Gasteiger charge is -1.97. The van der Waals surface area contributed by atoms with Gasteiger partial charge >= 0.3 is 0 Å². The highest BCUT2D eigenvalue weighted by Crippen LogP contribution is 2.21. The summed E-state index contributed by atoms with van der Waals surface area (Å²) in [6.45, 7) is 0. The van der Waals surface area contributed by atoms with E-state index in [1.165, 1.54) is 0 Å². The number of hydrogen-bond donors (Lipinski definition) is 1. The molecule has 2 heterocycles. The average molecular weight is 247 g/mol. The van der Waals surface area contributed by atoms with E-state index in [0.29, 0.717) is 17.2 Å². The first-order chi connectivity index (χ1) is 9.38. The summed E-state index contributed by atoms with van der Waals surface area (Å²) < 4.78 is 0. The Balaban J connectivity index is 2.05. The van der Waals surface area contributed by atoms with Crippen LogP contribution < -0.4 is 0 Å². The molecule has 0 amide bonds. The summed E-state index contributed by atoms with van der Waals surface area (Å²) in [5.41, 5.74) is 2.14. The van der Waals surface area contributed by atoms with Gasteiger partial charge in [0.15, 0.2) is 11.6 Å². The van der Waals surface area contributed by atoms with E-state index in [2.05, 4.69) is 26.2 Å². The molecule has 0 saturated heterocycles. The van der Waals surface area contributed by atoms with Crippen LogP contribution in [0.1, 0.15) is 5.56 Å². The van der Waals surface area contributed by atoms with Crippen LogP contribution in [-0.4, -0.2) is 20.2 Å². The zero-order valence-corrected chi connectivity index (χ0v) is 9.91. The summed E-state index contributed by atoms with van der Waals surface area (Å²) in [6, 6.07) is 13.1. The van der Waals surface area contributed by atoms with Crippen LogP contribution in [0.4, 0.5) is 0 Å². The van der Waals surface area contributed by atoms with E-state index < -0.39 is 0 Å². The maximum Gasteiger partial charge on any atom is 0.183 e. The van der Waals surface area contributed by atoms with Crippen molar-refractivity contribution in [3.05, 3.63) is 54.4 Å². The normalized spacial score (nSPS) is 10.1. The van der Waals surface area contributed by atoms with Crippen LogP contribution in [-0.2, 0) is 0 Å². The summed E-state index contributed by atoms with van der Waals surface area (Å²) in [5.74, 6) is 1.15. The van der Waals surface area contributed by atoms with Gasteiger partial charge in [0.2, 0.25) is 0 Å². The van der Waals surface area contributed by atoms with E-state index in [0.717, 1.165) is 11.1 Å². The van der Waals surface area contributed by atoms with Gasteiger partial charge < -0.3 is 0 Å². The number of H-pyrrole nitrogens is 1. The number of aromatic amines is 1. The second-order valence-electron chi connectivity index (χ2n) is 3.91. The first kappa shape index (κ1) is 11.1. The molecule has 0 saturated carbocycles. The Morgan fingerprint density at radius 2 is 2.00 bits per heavy atom. The van der Waals surface area contributed by atoms with Crippen molar-refractivity contribution >= 4 is 0 Å². The number of nitrogens with one attached hydrogen (secondary N) is 1. The maximum absolute atomic E-state index is 9.08. The second-order valence-corrected chi connectivity index (χ2v) is 3.91. The second kappa shape index (κ2) is 4.70. The van der Waals surface area contributed by atoms with Crippen molar-refractivity contribution in [1.82, 2.24) is 20.2 Å². The van der Waals surface area contributed by atoms with Gasteiger partial charge in [0.1, 0.15) is 0 Å². The van der Waals surface area contributed by atoms with Crippen LogP contribution >= 0.6 is 0 Å². The first-order valence-corrected chi connectivity index (χ1v) is 5.71. The van der Waals surface area contributed by atoms with E-state index in [-0.39, 0.29) is 0 Å². The SMILES string of the molecule is N#Cc1ccccc1-c1nc(-c2cccnc2)n[nH]1. The van der Waals surface area contributed by atoms with Gasteiger partial charge in [0.05, 0.1) is 11.6 Å². The smallest absolute Gasteiger partial charge is 0.183 e. The summed E-state index contributed by atoms with van der Waals surface area (Å²) in [4.78, 5) is 8.43. The summed E-state index contributed by atoms with van der Waals surface area (Å²) in [7, 11) is 0. The Kier molecular flexibility index (Phi) is 2.75. The third kappa shape index (κ3) is 2.07. The molecule has 0 aliphatic carbocycles. The van der Waals surface area contributed by atoms with Gasteiger partial charge in [-0.1, -0.05) is 12.1 Å². The molecule has 0 spiro atoms. The summed E-state index contributed by atoms with van der Waals surface area (Å²) >= 11 is 0. The van der Waals surface area contributed by atoms with Gasteiger partial charge in [-0.2, -0.15) is 10.4 Å². The van der Waals surface area contributed by atoms with Crippen molar-refractivity contribution in [2.45, 2.75) is 0 Å². The van der Waals surface area contributed by atoms with Gasteiger partial charge in [-0.25, -0.2) is 4.98 Å². The van der Waals surface area contributed by atoms with E-state index in [4.69, 9.17) is 5.26 Å². The molecule has 0 radical (unpaired) electrons. The van der Waals surface area contributed by atoms with Crippen molar-refractivity contribution in [3.8, 4) is 28.8 Å². The highest BCUT2D eigenvalue weighted by molar-refractivity contribution is 5.66. The fourth-order valence-electron chi connectivity index (χ4n) is 1.79. The third-order valence-corrected chi connectivity index (χ3v) is 2.71. The molecule has 19 heavy (non-hydrogen) atoms. The van der Waals surface area contributed by atoms with E-state index in [1.54, 1.807) is 18.5 Å². The fourth-order valence-corrected chi connectivity index (χ4v) is 1.79. The molecule has 1 aromatic carbocycles. The molecule has 5 heteroatoms. The van der Waals surface area contributed by atoms with Gasteiger partial charge in [-0.15, -0.1) is 0 Å². The zero-order chi connectivity index (χ0) is 13.1. The lowest BCUT2D eigenvalue weighted by molar-refractivity contribution is 1.10. The molecule has 2 aromatic heterocycles. The molecule has 1 N–H and O–H groups in total. The standard InChI is InChI=1S/C14H9N5/c15-8-10-4-1-2-6-12(10)14-17-13(18-19-14)11-5-3-7-16-9-11/h1-7,9H,(H,17,18,19). The Labute approximate surface area is 109 Å². The van der Waals surface area contributed by atoms with Crippen LogP contribution in [0.5, 0.6) is 0 Å². The van der Waals surface area contributed by atoms with Crippen LogP contribution in [0.25, 0.3) is 22.8 Å². The van der Waals surface area contributed by atoms with Crippen molar-refractivity contribution in [1.29, 1.82) is 5.26 Å². The van der Waals surface area contributed by atoms with Crippen LogP contribution in [0.2, 0.25) is 0 Å². The Morgan fingerprint density at radius 3 is 2.79 bits per heavy atom. The number of aromatic nitrogens is 4. The molecule has 0 bridgehead atoms. The summed E-state index contributed by atoms with van der Waals surface area (Å²) in [6.07, 6.45) is 3.39. The van der Waals surface area contributed by atoms with E-state index in [1.807, 2.05) is 30.3 Å². The predicted octanol–water partition coefficient (Wildman–Crippen LogP) is 2.41. The lowest BCUT2D eigenvalue weighted by Crippen LogP contribution is -1.86. The lowest BCUT2D eigenvalue weighted by atomic mass is 10.1. The Morgan fingerprint density at radius 1 is 1.11 bits per heavy atom. The number of nitriles is 1. The first-order valence-electron chi connectivity index (χ1n) is 5.71. The van der Waals surface area contributed by atoms with E-state index >= 15 is 0 Å². The highest BCUT2D eigenvalue weighted by Gasteiger charge is 2.10. The highest BCUT2D eigenvalue weighted by atomic mass is 15.2. The topological polar surface area (TPSA) is 78.2 Å². The minimum Gasteiger partial charge on any atom is -0.264 e. The molecule has 3 aromatic rings. The third-order valence-electron chi connectivity index (χ3n) is 2.71. The largest absolute Gasteiger partial charge is 0.264 e. The molecule has 0 aliphatic heterocycles. The predicted molar refractivity (Wildman–Crippen MR) is 69.8 cm³/mol. The molecule has 0 unspecified atom stereocenters. The Hall–Kier alpha value is -3.00. The van der Waals surface area contributed by atoms with Crippen molar-refractivity contribution in [3.63, 3.8) is 0 Å². The number of hydrogen-bond acceptors (Lipinski definition) is 4.